The van der Waals surface area contributed by atoms with E-state index in [9.17, 15) is 14.4 Å². The average Bonchev–Trinajstić information content (AvgIpc) is 2.16. The maximum Gasteiger partial charge on any atom is 0.355 e. The average molecular weight is 195 g/mol. The zero-order chi connectivity index (χ0) is 10.7. The number of hydrogen-bond acceptors (Lipinski definition) is 4. The fraction of sp³-hybridized carbons (Fsp3) is 0. The molecule has 0 fully saturated rings. The van der Waals surface area contributed by atoms with Crippen molar-refractivity contribution in [2.24, 2.45) is 0 Å². The first-order chi connectivity index (χ1) is 6.56. The highest BCUT2D eigenvalue weighted by Gasteiger charge is 2.17. The molecule has 0 aliphatic carbocycles. The molecule has 1 rings (SSSR count). The molecule has 0 aliphatic rings. The lowest BCUT2D eigenvalue weighted by Gasteiger charge is -1.99. The Bertz CT molecular complexity index is 412. The van der Waals surface area contributed by atoms with E-state index in [4.69, 9.17) is 10.2 Å². The predicted molar refractivity (Wildman–Crippen MR) is 43.5 cm³/mol. The molecule has 2 N–H and O–H groups in total. The van der Waals surface area contributed by atoms with Gasteiger partial charge in [0.1, 0.15) is 0 Å². The molecular formula is C8H5NO5. The van der Waals surface area contributed by atoms with Crippen molar-refractivity contribution >= 4 is 18.2 Å². The Morgan fingerprint density at radius 1 is 1.29 bits per heavy atom. The van der Waals surface area contributed by atoms with Gasteiger partial charge in [-0.1, -0.05) is 0 Å². The molecule has 0 amide bonds. The Morgan fingerprint density at radius 3 is 2.36 bits per heavy atom. The molecule has 0 saturated heterocycles. The van der Waals surface area contributed by atoms with Crippen LogP contribution in [0.3, 0.4) is 0 Å². The smallest absolute Gasteiger partial charge is 0.355 e. The first kappa shape index (κ1) is 9.85. The number of carbonyl (C=O) groups excluding carboxylic acids is 1. The number of nitrogens with zero attached hydrogens (tertiary/aromatic N) is 1. The number of aromatic nitrogens is 1. The molecule has 14 heavy (non-hydrogen) atoms. The SMILES string of the molecule is O=Cc1cnc(C(=O)O)c(C(=O)O)c1. The Kier molecular flexibility index (Phi) is 2.57. The number of aromatic carboxylic acids is 2. The highest BCUT2D eigenvalue weighted by Crippen LogP contribution is 2.07. The molecule has 0 unspecified atom stereocenters. The number of carboxylic acids is 2. The van der Waals surface area contributed by atoms with Crippen LogP contribution in [0.2, 0.25) is 0 Å². The summed E-state index contributed by atoms with van der Waals surface area (Å²) in [5.74, 6) is -2.88. The molecule has 0 atom stereocenters. The van der Waals surface area contributed by atoms with Crippen molar-refractivity contribution in [2.75, 3.05) is 0 Å². The maximum atomic E-state index is 10.6. The van der Waals surface area contributed by atoms with Crippen LogP contribution in [-0.4, -0.2) is 33.4 Å². The molecule has 0 aromatic carbocycles. The Hall–Kier alpha value is -2.24. The van der Waals surface area contributed by atoms with E-state index in [1.54, 1.807) is 0 Å². The Labute approximate surface area is 77.8 Å². The predicted octanol–water partition coefficient (Wildman–Crippen LogP) is 0.290. The zero-order valence-corrected chi connectivity index (χ0v) is 6.80. The lowest BCUT2D eigenvalue weighted by atomic mass is 10.1. The highest BCUT2D eigenvalue weighted by molar-refractivity contribution is 6.01. The van der Waals surface area contributed by atoms with Crippen molar-refractivity contribution in [1.29, 1.82) is 0 Å². The number of carboxylic acid groups (broad SMARTS) is 2. The summed E-state index contributed by atoms with van der Waals surface area (Å²) in [5.41, 5.74) is -1.06. The largest absolute Gasteiger partial charge is 0.478 e. The van der Waals surface area contributed by atoms with E-state index in [1.165, 1.54) is 0 Å². The molecule has 0 aliphatic heterocycles. The first-order valence-electron chi connectivity index (χ1n) is 3.48. The molecular weight excluding hydrogens is 190 g/mol. The lowest BCUT2D eigenvalue weighted by Crippen LogP contribution is -2.11. The molecule has 6 heteroatoms. The third-order valence-electron chi connectivity index (χ3n) is 1.48. The van der Waals surface area contributed by atoms with Crippen molar-refractivity contribution in [3.63, 3.8) is 0 Å². The maximum absolute atomic E-state index is 10.6. The van der Waals surface area contributed by atoms with Gasteiger partial charge in [-0.3, -0.25) is 4.79 Å². The summed E-state index contributed by atoms with van der Waals surface area (Å²) < 4.78 is 0. The monoisotopic (exact) mass is 195 g/mol. The van der Waals surface area contributed by atoms with Gasteiger partial charge in [-0.05, 0) is 6.07 Å². The van der Waals surface area contributed by atoms with Gasteiger partial charge in [0.25, 0.3) is 0 Å². The third kappa shape index (κ3) is 1.74. The van der Waals surface area contributed by atoms with Crippen LogP contribution >= 0.6 is 0 Å². The van der Waals surface area contributed by atoms with Gasteiger partial charge in [-0.25, -0.2) is 14.6 Å². The van der Waals surface area contributed by atoms with Crippen molar-refractivity contribution in [3.05, 3.63) is 29.1 Å². The highest BCUT2D eigenvalue weighted by atomic mass is 16.4. The van der Waals surface area contributed by atoms with Gasteiger partial charge in [-0.2, -0.15) is 0 Å². The summed E-state index contributed by atoms with van der Waals surface area (Å²) in [5, 5.41) is 17.2. The van der Waals surface area contributed by atoms with Crippen LogP contribution < -0.4 is 0 Å². The molecule has 0 radical (unpaired) electrons. The van der Waals surface area contributed by atoms with E-state index in [1.807, 2.05) is 0 Å². The van der Waals surface area contributed by atoms with Crippen molar-refractivity contribution in [3.8, 4) is 0 Å². The fourth-order valence-corrected chi connectivity index (χ4v) is 0.879. The van der Waals surface area contributed by atoms with Crippen LogP contribution in [0.4, 0.5) is 0 Å². The van der Waals surface area contributed by atoms with Crippen LogP contribution in [0, 0.1) is 0 Å². The Balaban J connectivity index is 3.38. The normalized spacial score (nSPS) is 9.43. The quantitative estimate of drug-likeness (QED) is 0.671. The van der Waals surface area contributed by atoms with Gasteiger partial charge < -0.3 is 10.2 Å². The molecule has 6 nitrogen and oxygen atoms in total. The summed E-state index contributed by atoms with van der Waals surface area (Å²) in [6, 6.07) is 0.964. The third-order valence-corrected chi connectivity index (χ3v) is 1.48. The second-order valence-corrected chi connectivity index (χ2v) is 2.39. The van der Waals surface area contributed by atoms with E-state index in [0.717, 1.165) is 12.3 Å². The fourth-order valence-electron chi connectivity index (χ4n) is 0.879. The minimum atomic E-state index is -1.44. The summed E-state index contributed by atoms with van der Waals surface area (Å²) in [6.07, 6.45) is 1.40. The molecule has 1 heterocycles. The summed E-state index contributed by atoms with van der Waals surface area (Å²) in [4.78, 5) is 34.7. The lowest BCUT2D eigenvalue weighted by molar-refractivity contribution is 0.0646. The van der Waals surface area contributed by atoms with Crippen LogP contribution in [-0.2, 0) is 0 Å². The van der Waals surface area contributed by atoms with E-state index in [-0.39, 0.29) is 5.56 Å². The molecule has 72 valence electrons. The van der Waals surface area contributed by atoms with Crippen LogP contribution in [0.15, 0.2) is 12.3 Å². The molecule has 1 aromatic rings. The van der Waals surface area contributed by atoms with Gasteiger partial charge in [-0.15, -0.1) is 0 Å². The molecule has 0 bridgehead atoms. The minimum Gasteiger partial charge on any atom is -0.478 e. The standard InChI is InChI=1S/C8H5NO5/c10-3-4-1-5(7(11)12)6(8(13)14)9-2-4/h1-3H,(H,11,12)(H,13,14). The van der Waals surface area contributed by atoms with E-state index < -0.39 is 23.2 Å². The summed E-state index contributed by atoms with van der Waals surface area (Å²) >= 11 is 0. The second kappa shape index (κ2) is 3.65. The number of pyridine rings is 1. The number of hydrogen-bond donors (Lipinski definition) is 2. The summed E-state index contributed by atoms with van der Waals surface area (Å²) in [7, 11) is 0. The van der Waals surface area contributed by atoms with Gasteiger partial charge in [0, 0.05) is 11.8 Å². The zero-order valence-electron chi connectivity index (χ0n) is 6.80. The van der Waals surface area contributed by atoms with Gasteiger partial charge in [0.2, 0.25) is 0 Å². The Morgan fingerprint density at radius 2 is 1.93 bits per heavy atom. The van der Waals surface area contributed by atoms with Crippen LogP contribution in [0.1, 0.15) is 31.2 Å². The van der Waals surface area contributed by atoms with Crippen molar-refractivity contribution in [2.45, 2.75) is 0 Å². The number of aldehydes is 1. The van der Waals surface area contributed by atoms with E-state index in [2.05, 4.69) is 4.98 Å². The van der Waals surface area contributed by atoms with Crippen molar-refractivity contribution < 1.29 is 24.6 Å². The van der Waals surface area contributed by atoms with Crippen LogP contribution in [0.25, 0.3) is 0 Å². The van der Waals surface area contributed by atoms with Crippen molar-refractivity contribution in [1.82, 2.24) is 4.98 Å². The minimum absolute atomic E-state index is 0.0207. The molecule has 0 spiro atoms. The van der Waals surface area contributed by atoms with E-state index in [0.29, 0.717) is 6.29 Å². The summed E-state index contributed by atoms with van der Waals surface area (Å²) in [6.45, 7) is 0. The van der Waals surface area contributed by atoms with Gasteiger partial charge in [0.05, 0.1) is 5.56 Å². The number of carbonyl (C=O) groups is 3. The van der Waals surface area contributed by atoms with Gasteiger partial charge >= 0.3 is 11.9 Å². The number of rotatable bonds is 3. The van der Waals surface area contributed by atoms with Crippen LogP contribution in [0.5, 0.6) is 0 Å². The topological polar surface area (TPSA) is 105 Å². The molecule has 1 aromatic heterocycles. The first-order valence-corrected chi connectivity index (χ1v) is 3.48. The molecule has 0 saturated carbocycles. The van der Waals surface area contributed by atoms with Gasteiger partial charge in [0.15, 0.2) is 12.0 Å². The second-order valence-electron chi connectivity index (χ2n) is 2.39. The van der Waals surface area contributed by atoms with E-state index >= 15 is 0 Å².